The number of hydrogen-bond acceptors (Lipinski definition) is 5. The standard InChI is InChI=1S/C15H13NO4S/c1-10-7-8-14-12(9-10)16-15(19-14)11-5-3-4-6-13(11)20-21(2,17)18/h3-9H,1-2H3. The van der Waals surface area contributed by atoms with Crippen LogP contribution < -0.4 is 4.18 Å². The van der Waals surface area contributed by atoms with Crippen LogP contribution in [0.1, 0.15) is 5.56 Å². The van der Waals surface area contributed by atoms with Crippen LogP contribution in [0.5, 0.6) is 5.75 Å². The first-order valence-electron chi connectivity index (χ1n) is 6.28. The molecule has 0 atom stereocenters. The van der Waals surface area contributed by atoms with Crippen molar-refractivity contribution in [2.75, 3.05) is 6.26 Å². The first kappa shape index (κ1) is 13.6. The van der Waals surface area contributed by atoms with E-state index in [-0.39, 0.29) is 5.75 Å². The number of rotatable bonds is 3. The Morgan fingerprint density at radius 2 is 1.90 bits per heavy atom. The van der Waals surface area contributed by atoms with Gasteiger partial charge in [-0.15, -0.1) is 0 Å². The Morgan fingerprint density at radius 1 is 1.14 bits per heavy atom. The first-order valence-corrected chi connectivity index (χ1v) is 8.10. The van der Waals surface area contributed by atoms with Crippen LogP contribution in [0, 0.1) is 6.92 Å². The van der Waals surface area contributed by atoms with Crippen molar-refractivity contribution in [3.05, 3.63) is 48.0 Å². The summed E-state index contributed by atoms with van der Waals surface area (Å²) in [5, 5.41) is 0. The Hall–Kier alpha value is -2.34. The number of aromatic nitrogens is 1. The van der Waals surface area contributed by atoms with E-state index in [0.29, 0.717) is 17.0 Å². The molecule has 0 N–H and O–H groups in total. The number of fused-ring (bicyclic) bond motifs is 1. The molecule has 0 radical (unpaired) electrons. The van der Waals surface area contributed by atoms with E-state index in [1.165, 1.54) is 0 Å². The van der Waals surface area contributed by atoms with E-state index in [9.17, 15) is 8.42 Å². The number of aryl methyl sites for hydroxylation is 1. The number of para-hydroxylation sites is 1. The van der Waals surface area contributed by atoms with Crippen LogP contribution in [0.3, 0.4) is 0 Å². The molecule has 0 saturated heterocycles. The smallest absolute Gasteiger partial charge is 0.306 e. The lowest BCUT2D eigenvalue weighted by atomic mass is 10.2. The Labute approximate surface area is 122 Å². The van der Waals surface area contributed by atoms with Gasteiger partial charge < -0.3 is 8.60 Å². The largest absolute Gasteiger partial charge is 0.436 e. The monoisotopic (exact) mass is 303 g/mol. The maximum atomic E-state index is 11.3. The molecular weight excluding hydrogens is 290 g/mol. The van der Waals surface area contributed by atoms with Gasteiger partial charge in [0.25, 0.3) is 0 Å². The minimum absolute atomic E-state index is 0.197. The van der Waals surface area contributed by atoms with Gasteiger partial charge in [0.15, 0.2) is 11.3 Å². The van der Waals surface area contributed by atoms with Crippen molar-refractivity contribution in [3.8, 4) is 17.2 Å². The highest BCUT2D eigenvalue weighted by molar-refractivity contribution is 7.86. The molecule has 0 amide bonds. The predicted octanol–water partition coefficient (Wildman–Crippen LogP) is 3.14. The third-order valence-electron chi connectivity index (χ3n) is 2.90. The summed E-state index contributed by atoms with van der Waals surface area (Å²) >= 11 is 0. The zero-order chi connectivity index (χ0) is 15.0. The molecule has 0 aliphatic heterocycles. The molecule has 0 unspecified atom stereocenters. The van der Waals surface area contributed by atoms with Gasteiger partial charge in [-0.2, -0.15) is 8.42 Å². The van der Waals surface area contributed by atoms with Crippen LogP contribution in [0.2, 0.25) is 0 Å². The Morgan fingerprint density at radius 3 is 2.67 bits per heavy atom. The maximum absolute atomic E-state index is 11.3. The summed E-state index contributed by atoms with van der Waals surface area (Å²) in [7, 11) is -3.61. The van der Waals surface area contributed by atoms with E-state index >= 15 is 0 Å². The fourth-order valence-corrected chi connectivity index (χ4v) is 2.50. The summed E-state index contributed by atoms with van der Waals surface area (Å²) in [6.45, 7) is 1.97. The Kier molecular flexibility index (Phi) is 3.17. The molecule has 0 fully saturated rings. The van der Waals surface area contributed by atoms with E-state index < -0.39 is 10.1 Å². The normalized spacial score (nSPS) is 11.7. The zero-order valence-electron chi connectivity index (χ0n) is 11.5. The van der Waals surface area contributed by atoms with E-state index in [2.05, 4.69) is 4.98 Å². The van der Waals surface area contributed by atoms with Crippen molar-refractivity contribution in [1.82, 2.24) is 4.98 Å². The molecule has 0 aliphatic rings. The van der Waals surface area contributed by atoms with Crippen LogP contribution in [-0.4, -0.2) is 19.7 Å². The fourth-order valence-electron chi connectivity index (χ4n) is 2.03. The lowest BCUT2D eigenvalue weighted by Gasteiger charge is -2.06. The van der Waals surface area contributed by atoms with Gasteiger partial charge in [-0.05, 0) is 36.8 Å². The minimum atomic E-state index is -3.61. The molecule has 0 bridgehead atoms. The van der Waals surface area contributed by atoms with Crippen molar-refractivity contribution in [2.24, 2.45) is 0 Å². The maximum Gasteiger partial charge on any atom is 0.306 e. The highest BCUT2D eigenvalue weighted by Gasteiger charge is 2.16. The second kappa shape index (κ2) is 4.89. The Bertz CT molecular complexity index is 912. The van der Waals surface area contributed by atoms with Gasteiger partial charge >= 0.3 is 10.1 Å². The molecule has 108 valence electrons. The van der Waals surface area contributed by atoms with Gasteiger partial charge in [0.05, 0.1) is 11.8 Å². The molecule has 0 saturated carbocycles. The van der Waals surface area contributed by atoms with Gasteiger partial charge in [0, 0.05) is 0 Å². The molecule has 1 heterocycles. The average molecular weight is 303 g/mol. The van der Waals surface area contributed by atoms with Gasteiger partial charge in [-0.1, -0.05) is 18.2 Å². The molecule has 21 heavy (non-hydrogen) atoms. The van der Waals surface area contributed by atoms with Crippen molar-refractivity contribution in [1.29, 1.82) is 0 Å². The first-order chi connectivity index (χ1) is 9.92. The highest BCUT2D eigenvalue weighted by atomic mass is 32.2. The molecule has 3 rings (SSSR count). The van der Waals surface area contributed by atoms with Crippen LogP contribution in [0.15, 0.2) is 46.9 Å². The summed E-state index contributed by atoms with van der Waals surface area (Å²) in [6.07, 6.45) is 0.999. The SMILES string of the molecule is Cc1ccc2oc(-c3ccccc3OS(C)(=O)=O)nc2c1. The summed E-state index contributed by atoms with van der Waals surface area (Å²) in [5.41, 5.74) is 2.93. The number of nitrogens with zero attached hydrogens (tertiary/aromatic N) is 1. The van der Waals surface area contributed by atoms with Gasteiger partial charge in [0.1, 0.15) is 5.52 Å². The van der Waals surface area contributed by atoms with Crippen LogP contribution >= 0.6 is 0 Å². The van der Waals surface area contributed by atoms with Crippen molar-refractivity contribution in [2.45, 2.75) is 6.92 Å². The third kappa shape index (κ3) is 2.90. The lowest BCUT2D eigenvalue weighted by molar-refractivity contribution is 0.492. The molecule has 3 aromatic rings. The molecular formula is C15H13NO4S. The lowest BCUT2D eigenvalue weighted by Crippen LogP contribution is -2.06. The third-order valence-corrected chi connectivity index (χ3v) is 3.38. The predicted molar refractivity (Wildman–Crippen MR) is 79.7 cm³/mol. The molecule has 1 aromatic heterocycles. The fraction of sp³-hybridized carbons (Fsp3) is 0.133. The molecule has 5 nitrogen and oxygen atoms in total. The van der Waals surface area contributed by atoms with E-state index in [0.717, 1.165) is 17.3 Å². The number of hydrogen-bond donors (Lipinski definition) is 0. The minimum Gasteiger partial charge on any atom is -0.436 e. The number of benzene rings is 2. The average Bonchev–Trinajstić information content (AvgIpc) is 2.80. The summed E-state index contributed by atoms with van der Waals surface area (Å²) in [5.74, 6) is 0.526. The van der Waals surface area contributed by atoms with Crippen LogP contribution in [0.25, 0.3) is 22.6 Å². The van der Waals surface area contributed by atoms with E-state index in [1.54, 1.807) is 24.3 Å². The second-order valence-electron chi connectivity index (χ2n) is 4.77. The van der Waals surface area contributed by atoms with Crippen molar-refractivity contribution in [3.63, 3.8) is 0 Å². The molecule has 0 spiro atoms. The molecule has 0 aliphatic carbocycles. The van der Waals surface area contributed by atoms with Crippen LogP contribution in [0.4, 0.5) is 0 Å². The summed E-state index contributed by atoms with van der Waals surface area (Å²) in [6, 6.07) is 12.4. The van der Waals surface area contributed by atoms with E-state index in [4.69, 9.17) is 8.60 Å². The summed E-state index contributed by atoms with van der Waals surface area (Å²) in [4.78, 5) is 4.39. The zero-order valence-corrected chi connectivity index (χ0v) is 12.3. The highest BCUT2D eigenvalue weighted by Crippen LogP contribution is 2.32. The number of oxazole rings is 1. The second-order valence-corrected chi connectivity index (χ2v) is 6.35. The summed E-state index contributed by atoms with van der Waals surface area (Å²) < 4.78 is 33.3. The van der Waals surface area contributed by atoms with Gasteiger partial charge in [-0.3, -0.25) is 0 Å². The molecule has 2 aromatic carbocycles. The Balaban J connectivity index is 2.14. The van der Waals surface area contributed by atoms with Crippen LogP contribution in [-0.2, 0) is 10.1 Å². The van der Waals surface area contributed by atoms with Crippen molar-refractivity contribution >= 4 is 21.2 Å². The topological polar surface area (TPSA) is 69.4 Å². The van der Waals surface area contributed by atoms with Gasteiger partial charge in [0.2, 0.25) is 5.89 Å². The quantitative estimate of drug-likeness (QED) is 0.695. The molecule has 6 heteroatoms. The van der Waals surface area contributed by atoms with Gasteiger partial charge in [-0.25, -0.2) is 4.98 Å². The van der Waals surface area contributed by atoms with Crippen molar-refractivity contribution < 1.29 is 17.0 Å². The van der Waals surface area contributed by atoms with E-state index in [1.807, 2.05) is 25.1 Å².